The molecule has 1 spiro atoms. The predicted molar refractivity (Wildman–Crippen MR) is 73.2 cm³/mol. The molecule has 0 aliphatic heterocycles. The molecular weight excluding hydrogens is 222 g/mol. The molecule has 1 aromatic heterocycles. The van der Waals surface area contributed by atoms with Crippen molar-refractivity contribution in [3.8, 4) is 0 Å². The molecule has 18 heavy (non-hydrogen) atoms. The summed E-state index contributed by atoms with van der Waals surface area (Å²) in [6.07, 6.45) is 13.6. The van der Waals surface area contributed by atoms with E-state index in [1.54, 1.807) is 0 Å². The molecule has 1 N–H and O–H groups in total. The Morgan fingerprint density at radius 3 is 2.61 bits per heavy atom. The summed E-state index contributed by atoms with van der Waals surface area (Å²) in [7, 11) is 1.98. The van der Waals surface area contributed by atoms with Crippen LogP contribution in [0.2, 0.25) is 0 Å². The van der Waals surface area contributed by atoms with Gasteiger partial charge in [-0.1, -0.05) is 12.8 Å². The monoisotopic (exact) mass is 247 g/mol. The van der Waals surface area contributed by atoms with Crippen molar-refractivity contribution in [1.29, 1.82) is 0 Å². The highest BCUT2D eigenvalue weighted by atomic mass is 15.3. The molecule has 0 saturated heterocycles. The minimum atomic E-state index is 0.721. The van der Waals surface area contributed by atoms with Gasteiger partial charge in [0.1, 0.15) is 0 Å². The number of aromatic nitrogens is 2. The van der Waals surface area contributed by atoms with Crippen LogP contribution in [0.5, 0.6) is 0 Å². The SMILES string of the molecule is Cn1ccc(CNC2CCC3(CCCC3)CC2)n1. The second-order valence-electron chi connectivity index (χ2n) is 6.34. The zero-order chi connectivity index (χ0) is 12.4. The van der Waals surface area contributed by atoms with Gasteiger partial charge in [-0.25, -0.2) is 0 Å². The van der Waals surface area contributed by atoms with Gasteiger partial charge < -0.3 is 5.32 Å². The second-order valence-corrected chi connectivity index (χ2v) is 6.34. The Balaban J connectivity index is 1.45. The molecule has 0 unspecified atom stereocenters. The molecule has 0 radical (unpaired) electrons. The first-order chi connectivity index (χ1) is 8.76. The highest BCUT2D eigenvalue weighted by Crippen LogP contribution is 2.48. The topological polar surface area (TPSA) is 29.9 Å². The molecule has 3 nitrogen and oxygen atoms in total. The van der Waals surface area contributed by atoms with Gasteiger partial charge in [0.25, 0.3) is 0 Å². The van der Waals surface area contributed by atoms with Gasteiger partial charge in [-0.15, -0.1) is 0 Å². The third kappa shape index (κ3) is 2.61. The fourth-order valence-corrected chi connectivity index (χ4v) is 3.87. The lowest BCUT2D eigenvalue weighted by Crippen LogP contribution is -2.36. The van der Waals surface area contributed by atoms with Gasteiger partial charge in [-0.3, -0.25) is 4.68 Å². The zero-order valence-electron chi connectivity index (χ0n) is 11.5. The molecule has 100 valence electrons. The van der Waals surface area contributed by atoms with Crippen LogP contribution in [0.15, 0.2) is 12.3 Å². The van der Waals surface area contributed by atoms with Gasteiger partial charge in [0.05, 0.1) is 5.69 Å². The van der Waals surface area contributed by atoms with Crippen molar-refractivity contribution in [2.24, 2.45) is 12.5 Å². The van der Waals surface area contributed by atoms with Gasteiger partial charge in [0.2, 0.25) is 0 Å². The summed E-state index contributed by atoms with van der Waals surface area (Å²) in [5.41, 5.74) is 1.92. The lowest BCUT2D eigenvalue weighted by atomic mass is 9.71. The molecule has 0 aromatic carbocycles. The number of nitrogens with one attached hydrogen (secondary N) is 1. The van der Waals surface area contributed by atoms with E-state index >= 15 is 0 Å². The number of aryl methyl sites for hydroxylation is 1. The van der Waals surface area contributed by atoms with Crippen molar-refractivity contribution in [1.82, 2.24) is 15.1 Å². The number of nitrogens with zero attached hydrogens (tertiary/aromatic N) is 2. The van der Waals surface area contributed by atoms with E-state index in [1.807, 2.05) is 17.9 Å². The van der Waals surface area contributed by atoms with Gasteiger partial charge in [-0.2, -0.15) is 5.10 Å². The standard InChI is InChI=1S/C15H25N3/c1-18-11-6-14(17-18)12-16-13-4-9-15(10-5-13)7-2-3-8-15/h6,11,13,16H,2-5,7-10,12H2,1H3. The number of hydrogen-bond donors (Lipinski definition) is 1. The Hall–Kier alpha value is -0.830. The summed E-state index contributed by atoms with van der Waals surface area (Å²) in [4.78, 5) is 0. The van der Waals surface area contributed by atoms with E-state index in [-0.39, 0.29) is 0 Å². The maximum Gasteiger partial charge on any atom is 0.0762 e. The van der Waals surface area contributed by atoms with E-state index in [9.17, 15) is 0 Å². The molecule has 2 saturated carbocycles. The van der Waals surface area contributed by atoms with Crippen LogP contribution in [0.4, 0.5) is 0 Å². The van der Waals surface area contributed by atoms with Crippen molar-refractivity contribution in [2.75, 3.05) is 0 Å². The zero-order valence-corrected chi connectivity index (χ0v) is 11.5. The quantitative estimate of drug-likeness (QED) is 0.890. The third-order valence-electron chi connectivity index (χ3n) is 5.05. The van der Waals surface area contributed by atoms with Crippen molar-refractivity contribution >= 4 is 0 Å². The van der Waals surface area contributed by atoms with Crippen molar-refractivity contribution in [3.05, 3.63) is 18.0 Å². The van der Waals surface area contributed by atoms with Crippen LogP contribution in [0.3, 0.4) is 0 Å². The summed E-state index contributed by atoms with van der Waals surface area (Å²) in [6, 6.07) is 2.83. The molecule has 0 amide bonds. The Labute approximate surface area is 110 Å². The van der Waals surface area contributed by atoms with Gasteiger partial charge >= 0.3 is 0 Å². The Kier molecular flexibility index (Phi) is 3.42. The average molecular weight is 247 g/mol. The lowest BCUT2D eigenvalue weighted by Gasteiger charge is -2.37. The van der Waals surface area contributed by atoms with Gasteiger partial charge in [0.15, 0.2) is 0 Å². The molecule has 0 atom stereocenters. The highest BCUT2D eigenvalue weighted by Gasteiger charge is 2.37. The largest absolute Gasteiger partial charge is 0.308 e. The smallest absolute Gasteiger partial charge is 0.0762 e. The van der Waals surface area contributed by atoms with E-state index in [2.05, 4.69) is 16.5 Å². The minimum absolute atomic E-state index is 0.721. The highest BCUT2D eigenvalue weighted by molar-refractivity contribution is 4.99. The first-order valence-electron chi connectivity index (χ1n) is 7.48. The van der Waals surface area contributed by atoms with Gasteiger partial charge in [-0.05, 0) is 50.0 Å². The van der Waals surface area contributed by atoms with Crippen LogP contribution in [0.1, 0.15) is 57.1 Å². The van der Waals surface area contributed by atoms with Crippen molar-refractivity contribution in [3.63, 3.8) is 0 Å². The summed E-state index contributed by atoms with van der Waals surface area (Å²) in [5, 5.41) is 8.10. The second kappa shape index (κ2) is 5.04. The van der Waals surface area contributed by atoms with E-state index < -0.39 is 0 Å². The maximum atomic E-state index is 4.42. The molecule has 2 aliphatic rings. The number of hydrogen-bond acceptors (Lipinski definition) is 2. The third-order valence-corrected chi connectivity index (χ3v) is 5.05. The lowest BCUT2D eigenvalue weighted by molar-refractivity contribution is 0.168. The molecule has 2 aliphatic carbocycles. The molecule has 1 heterocycles. The Bertz CT molecular complexity index is 380. The number of rotatable bonds is 3. The fraction of sp³-hybridized carbons (Fsp3) is 0.800. The van der Waals surface area contributed by atoms with Crippen LogP contribution >= 0.6 is 0 Å². The van der Waals surface area contributed by atoms with Gasteiger partial charge in [0, 0.05) is 25.8 Å². The van der Waals surface area contributed by atoms with Crippen LogP contribution in [0.25, 0.3) is 0 Å². The molecule has 0 bridgehead atoms. The van der Waals surface area contributed by atoms with Crippen LogP contribution in [-0.4, -0.2) is 15.8 Å². The van der Waals surface area contributed by atoms with Crippen LogP contribution in [-0.2, 0) is 13.6 Å². The minimum Gasteiger partial charge on any atom is -0.308 e. The average Bonchev–Trinajstić information content (AvgIpc) is 2.99. The first-order valence-corrected chi connectivity index (χ1v) is 7.48. The molecular formula is C15H25N3. The summed E-state index contributed by atoms with van der Waals surface area (Å²) < 4.78 is 1.88. The maximum absolute atomic E-state index is 4.42. The van der Waals surface area contributed by atoms with Crippen molar-refractivity contribution in [2.45, 2.75) is 64.0 Å². The van der Waals surface area contributed by atoms with Crippen molar-refractivity contribution < 1.29 is 0 Å². The summed E-state index contributed by atoms with van der Waals surface area (Å²) in [6.45, 7) is 0.929. The van der Waals surface area contributed by atoms with Crippen LogP contribution < -0.4 is 5.32 Å². The fourth-order valence-electron chi connectivity index (χ4n) is 3.87. The van der Waals surface area contributed by atoms with E-state index in [1.165, 1.54) is 57.1 Å². The Morgan fingerprint density at radius 2 is 2.00 bits per heavy atom. The first kappa shape index (κ1) is 12.2. The Morgan fingerprint density at radius 1 is 1.28 bits per heavy atom. The molecule has 3 rings (SSSR count). The van der Waals surface area contributed by atoms with E-state index in [4.69, 9.17) is 0 Å². The van der Waals surface area contributed by atoms with E-state index in [0.29, 0.717) is 0 Å². The molecule has 2 fully saturated rings. The molecule has 3 heteroatoms. The predicted octanol–water partition coefficient (Wildman–Crippen LogP) is 3.01. The van der Waals surface area contributed by atoms with E-state index in [0.717, 1.165) is 18.0 Å². The summed E-state index contributed by atoms with van der Waals surface area (Å²) >= 11 is 0. The molecule has 1 aromatic rings. The normalized spacial score (nSPS) is 23.8. The van der Waals surface area contributed by atoms with Crippen LogP contribution in [0, 0.1) is 5.41 Å². The summed E-state index contributed by atoms with van der Waals surface area (Å²) in [5.74, 6) is 0.